The molecule has 0 unspecified atom stereocenters. The molecular formula is C18H20O2S. The summed E-state index contributed by atoms with van der Waals surface area (Å²) >= 11 is 1.57. The van der Waals surface area contributed by atoms with E-state index in [1.54, 1.807) is 18.9 Å². The Labute approximate surface area is 130 Å². The van der Waals surface area contributed by atoms with Crippen molar-refractivity contribution < 1.29 is 9.53 Å². The molecular weight excluding hydrogens is 280 g/mol. The van der Waals surface area contributed by atoms with Crippen molar-refractivity contribution in [2.24, 2.45) is 0 Å². The van der Waals surface area contributed by atoms with Crippen LogP contribution >= 0.6 is 11.8 Å². The molecule has 2 aromatic carbocycles. The molecule has 0 saturated heterocycles. The molecule has 0 saturated carbocycles. The second-order valence-corrected chi connectivity index (χ2v) is 6.21. The van der Waals surface area contributed by atoms with E-state index in [1.165, 1.54) is 5.56 Å². The van der Waals surface area contributed by atoms with E-state index in [2.05, 4.69) is 38.1 Å². The lowest BCUT2D eigenvalue weighted by molar-refractivity contribution is 0.102. The Balaban J connectivity index is 1.93. The fourth-order valence-electron chi connectivity index (χ4n) is 1.96. The summed E-state index contributed by atoms with van der Waals surface area (Å²) in [7, 11) is 1.62. The van der Waals surface area contributed by atoms with Gasteiger partial charge in [-0.15, -0.1) is 11.8 Å². The van der Waals surface area contributed by atoms with Crippen molar-refractivity contribution >= 4 is 17.5 Å². The van der Waals surface area contributed by atoms with Crippen LogP contribution in [-0.2, 0) is 0 Å². The van der Waals surface area contributed by atoms with Crippen LogP contribution in [0.5, 0.6) is 5.75 Å². The molecule has 21 heavy (non-hydrogen) atoms. The van der Waals surface area contributed by atoms with Gasteiger partial charge >= 0.3 is 0 Å². The Kier molecular flexibility index (Phi) is 5.45. The van der Waals surface area contributed by atoms with Gasteiger partial charge in [-0.05, 0) is 47.9 Å². The van der Waals surface area contributed by atoms with E-state index < -0.39 is 0 Å². The fraction of sp³-hybridized carbons (Fsp3) is 0.278. The molecule has 0 aliphatic carbocycles. The molecule has 0 amide bonds. The average molecular weight is 300 g/mol. The van der Waals surface area contributed by atoms with E-state index >= 15 is 0 Å². The summed E-state index contributed by atoms with van der Waals surface area (Å²) < 4.78 is 5.09. The van der Waals surface area contributed by atoms with Crippen molar-refractivity contribution in [2.45, 2.75) is 24.7 Å². The molecule has 110 valence electrons. The van der Waals surface area contributed by atoms with Crippen LogP contribution in [0.4, 0.5) is 0 Å². The minimum Gasteiger partial charge on any atom is -0.497 e. The molecule has 3 heteroatoms. The Morgan fingerprint density at radius 3 is 2.19 bits per heavy atom. The smallest absolute Gasteiger partial charge is 0.173 e. The summed E-state index contributed by atoms with van der Waals surface area (Å²) in [6, 6.07) is 15.7. The molecule has 0 aliphatic heterocycles. The normalized spacial score (nSPS) is 10.7. The predicted molar refractivity (Wildman–Crippen MR) is 88.6 cm³/mol. The first kappa shape index (κ1) is 15.6. The third kappa shape index (κ3) is 4.36. The van der Waals surface area contributed by atoms with Crippen LogP contribution in [-0.4, -0.2) is 18.6 Å². The number of carbonyl (C=O) groups is 1. The minimum absolute atomic E-state index is 0.135. The van der Waals surface area contributed by atoms with Crippen molar-refractivity contribution in [1.29, 1.82) is 0 Å². The molecule has 2 aromatic rings. The van der Waals surface area contributed by atoms with E-state index in [9.17, 15) is 4.79 Å². The van der Waals surface area contributed by atoms with Crippen LogP contribution in [0.1, 0.15) is 35.7 Å². The van der Waals surface area contributed by atoms with Crippen molar-refractivity contribution in [3.05, 3.63) is 59.7 Å². The van der Waals surface area contributed by atoms with Crippen LogP contribution in [0.25, 0.3) is 0 Å². The van der Waals surface area contributed by atoms with Gasteiger partial charge in [0.1, 0.15) is 5.75 Å². The summed E-state index contributed by atoms with van der Waals surface area (Å²) in [5, 5.41) is 0. The first-order valence-corrected chi connectivity index (χ1v) is 7.98. The van der Waals surface area contributed by atoms with Gasteiger partial charge in [0.05, 0.1) is 12.9 Å². The van der Waals surface area contributed by atoms with Gasteiger partial charge in [-0.2, -0.15) is 0 Å². The van der Waals surface area contributed by atoms with Crippen LogP contribution in [0.2, 0.25) is 0 Å². The number of thioether (sulfide) groups is 1. The molecule has 0 spiro atoms. The number of hydrogen-bond acceptors (Lipinski definition) is 3. The fourth-order valence-corrected chi connectivity index (χ4v) is 2.75. The van der Waals surface area contributed by atoms with Crippen LogP contribution in [0, 0.1) is 0 Å². The number of Topliss-reactive ketones (excluding diaryl/α,β-unsaturated/α-hetero) is 1. The molecule has 2 rings (SSSR count). The van der Waals surface area contributed by atoms with Gasteiger partial charge < -0.3 is 4.74 Å². The van der Waals surface area contributed by atoms with Crippen LogP contribution in [0.3, 0.4) is 0 Å². The number of methoxy groups -OCH3 is 1. The summed E-state index contributed by atoms with van der Waals surface area (Å²) in [5.74, 6) is 1.89. The Morgan fingerprint density at radius 2 is 1.67 bits per heavy atom. The van der Waals surface area contributed by atoms with Crippen molar-refractivity contribution in [3.63, 3.8) is 0 Å². The molecule has 0 aliphatic rings. The van der Waals surface area contributed by atoms with Gasteiger partial charge in [0.15, 0.2) is 5.78 Å². The molecule has 0 radical (unpaired) electrons. The summed E-state index contributed by atoms with van der Waals surface area (Å²) in [5.41, 5.74) is 2.04. The Bertz CT molecular complexity index is 586. The van der Waals surface area contributed by atoms with E-state index in [0.29, 0.717) is 11.7 Å². The average Bonchev–Trinajstić information content (AvgIpc) is 2.53. The van der Waals surface area contributed by atoms with E-state index in [-0.39, 0.29) is 5.78 Å². The highest BCUT2D eigenvalue weighted by Gasteiger charge is 2.07. The Hall–Kier alpha value is -1.74. The molecule has 0 N–H and O–H groups in total. The molecule has 0 heterocycles. The quantitative estimate of drug-likeness (QED) is 0.566. The lowest BCUT2D eigenvalue weighted by Crippen LogP contribution is -2.02. The largest absolute Gasteiger partial charge is 0.497 e. The maximum absolute atomic E-state index is 12.1. The van der Waals surface area contributed by atoms with Crippen LogP contribution < -0.4 is 4.74 Å². The number of rotatable bonds is 6. The molecule has 0 atom stereocenters. The third-order valence-electron chi connectivity index (χ3n) is 3.33. The summed E-state index contributed by atoms with van der Waals surface area (Å²) in [4.78, 5) is 13.3. The predicted octanol–water partition coefficient (Wildman–Crippen LogP) is 4.79. The molecule has 0 bridgehead atoms. The highest BCUT2D eigenvalue weighted by Crippen LogP contribution is 2.23. The summed E-state index contributed by atoms with van der Waals surface area (Å²) in [6.07, 6.45) is 0. The van der Waals surface area contributed by atoms with Gasteiger partial charge in [0, 0.05) is 10.5 Å². The van der Waals surface area contributed by atoms with Gasteiger partial charge in [-0.25, -0.2) is 0 Å². The Morgan fingerprint density at radius 1 is 1.05 bits per heavy atom. The zero-order chi connectivity index (χ0) is 15.2. The molecule has 0 fully saturated rings. The minimum atomic E-state index is 0.135. The molecule has 0 aromatic heterocycles. The number of ether oxygens (including phenoxy) is 1. The van der Waals surface area contributed by atoms with Gasteiger partial charge in [0.25, 0.3) is 0 Å². The lowest BCUT2D eigenvalue weighted by atomic mass is 10.0. The third-order valence-corrected chi connectivity index (χ3v) is 4.34. The number of ketones is 1. The van der Waals surface area contributed by atoms with Crippen molar-refractivity contribution in [1.82, 2.24) is 0 Å². The summed E-state index contributed by atoms with van der Waals surface area (Å²) in [6.45, 7) is 4.35. The van der Waals surface area contributed by atoms with Gasteiger partial charge in [0.2, 0.25) is 0 Å². The molecule has 2 nitrogen and oxygen atoms in total. The van der Waals surface area contributed by atoms with Crippen molar-refractivity contribution in [2.75, 3.05) is 12.9 Å². The van der Waals surface area contributed by atoms with Gasteiger partial charge in [-0.1, -0.05) is 26.0 Å². The topological polar surface area (TPSA) is 26.3 Å². The maximum atomic E-state index is 12.1. The van der Waals surface area contributed by atoms with E-state index in [1.807, 2.05) is 24.3 Å². The zero-order valence-electron chi connectivity index (χ0n) is 12.6. The van der Waals surface area contributed by atoms with E-state index in [0.717, 1.165) is 16.2 Å². The second-order valence-electron chi connectivity index (χ2n) is 5.16. The second kappa shape index (κ2) is 7.32. The zero-order valence-corrected chi connectivity index (χ0v) is 13.4. The number of benzene rings is 2. The van der Waals surface area contributed by atoms with Crippen LogP contribution in [0.15, 0.2) is 53.4 Å². The van der Waals surface area contributed by atoms with E-state index in [4.69, 9.17) is 4.74 Å². The monoisotopic (exact) mass is 300 g/mol. The van der Waals surface area contributed by atoms with Gasteiger partial charge in [-0.3, -0.25) is 4.79 Å². The maximum Gasteiger partial charge on any atom is 0.173 e. The highest BCUT2D eigenvalue weighted by atomic mass is 32.2. The highest BCUT2D eigenvalue weighted by molar-refractivity contribution is 8.00. The van der Waals surface area contributed by atoms with Crippen molar-refractivity contribution in [3.8, 4) is 5.75 Å². The number of carbonyl (C=O) groups excluding carboxylic acids is 1. The standard InChI is InChI=1S/C18H20O2S/c1-13(2)14-6-10-17(11-7-14)21-12-18(19)15-4-8-16(20-3)9-5-15/h4-11,13H,12H2,1-3H3. The number of hydrogen-bond donors (Lipinski definition) is 0. The SMILES string of the molecule is COc1ccc(C(=O)CSc2ccc(C(C)C)cc2)cc1. The first-order chi connectivity index (χ1) is 10.1. The first-order valence-electron chi connectivity index (χ1n) is 7.00. The lowest BCUT2D eigenvalue weighted by Gasteiger charge is -2.07.